The lowest BCUT2D eigenvalue weighted by Crippen LogP contribution is -2.45. The number of fused-ring (bicyclic) bond motifs is 1. The molecule has 0 unspecified atom stereocenters. The number of pyridine rings is 2. The number of allylic oxidation sites excluding steroid dienone is 1. The number of nitrogens with zero attached hydrogens (tertiary/aromatic N) is 8. The first-order valence-electron chi connectivity index (χ1n) is 13.0. The van der Waals surface area contributed by atoms with Crippen molar-refractivity contribution in [2.75, 3.05) is 51.3 Å². The third-order valence-electron chi connectivity index (χ3n) is 7.17. The van der Waals surface area contributed by atoms with Crippen molar-refractivity contribution in [1.82, 2.24) is 24.4 Å². The van der Waals surface area contributed by atoms with Crippen molar-refractivity contribution in [1.29, 1.82) is 5.26 Å². The van der Waals surface area contributed by atoms with Crippen molar-refractivity contribution in [2.45, 2.75) is 32.7 Å². The Hall–Kier alpha value is -3.90. The van der Waals surface area contributed by atoms with Gasteiger partial charge < -0.3 is 14.5 Å². The highest BCUT2D eigenvalue weighted by atomic mass is 16.5. The summed E-state index contributed by atoms with van der Waals surface area (Å²) in [4.78, 5) is 16.4. The van der Waals surface area contributed by atoms with Crippen LogP contribution in [-0.2, 0) is 13.0 Å². The Morgan fingerprint density at radius 3 is 2.62 bits per heavy atom. The van der Waals surface area contributed by atoms with Crippen LogP contribution in [0.15, 0.2) is 53.7 Å². The first kappa shape index (κ1) is 24.8. The second kappa shape index (κ2) is 11.4. The molecule has 3 aromatic heterocycles. The van der Waals surface area contributed by atoms with Crippen LogP contribution in [-0.4, -0.2) is 77.0 Å². The summed E-state index contributed by atoms with van der Waals surface area (Å²) in [6, 6.07) is 8.49. The Balaban J connectivity index is 1.23. The van der Waals surface area contributed by atoms with Crippen LogP contribution in [0.1, 0.15) is 36.5 Å². The highest BCUT2D eigenvalue weighted by Gasteiger charge is 2.19. The van der Waals surface area contributed by atoms with E-state index in [1.807, 2.05) is 36.1 Å². The molecule has 0 radical (unpaired) electrons. The van der Waals surface area contributed by atoms with E-state index < -0.39 is 0 Å². The molecule has 5 heterocycles. The zero-order chi connectivity index (χ0) is 25.6. The van der Waals surface area contributed by atoms with E-state index in [0.29, 0.717) is 17.9 Å². The van der Waals surface area contributed by atoms with Gasteiger partial charge in [0.15, 0.2) is 0 Å². The Kier molecular flexibility index (Phi) is 7.66. The van der Waals surface area contributed by atoms with E-state index in [0.717, 1.165) is 68.4 Å². The average molecular weight is 499 g/mol. The number of methoxy groups -OCH3 is 1. The van der Waals surface area contributed by atoms with Crippen LogP contribution in [0.5, 0.6) is 5.88 Å². The SMILES string of the molecule is C/C=C(\N=C/Cc1cc(N2CCCC2)cn2ncc(C#N)c12)N1CCN(Cc2ccc(OC)nc2)CC1. The summed E-state index contributed by atoms with van der Waals surface area (Å²) in [6.07, 6.45) is 12.7. The number of piperazine rings is 1. The van der Waals surface area contributed by atoms with E-state index in [4.69, 9.17) is 9.73 Å². The number of aromatic nitrogens is 3. The maximum absolute atomic E-state index is 9.61. The number of nitriles is 1. The fourth-order valence-corrected chi connectivity index (χ4v) is 5.17. The Bertz CT molecular complexity index is 1310. The third kappa shape index (κ3) is 5.59. The lowest BCUT2D eigenvalue weighted by Gasteiger charge is -2.36. The van der Waals surface area contributed by atoms with Crippen LogP contribution >= 0.6 is 0 Å². The van der Waals surface area contributed by atoms with Crippen molar-refractivity contribution < 1.29 is 4.74 Å². The van der Waals surface area contributed by atoms with Crippen molar-refractivity contribution in [3.63, 3.8) is 0 Å². The molecule has 9 nitrogen and oxygen atoms in total. The maximum Gasteiger partial charge on any atom is 0.212 e. The van der Waals surface area contributed by atoms with Gasteiger partial charge in [-0.3, -0.25) is 4.90 Å². The lowest BCUT2D eigenvalue weighted by molar-refractivity contribution is 0.151. The molecule has 2 saturated heterocycles. The number of anilines is 1. The molecule has 0 atom stereocenters. The average Bonchev–Trinajstić information content (AvgIpc) is 3.62. The van der Waals surface area contributed by atoms with Gasteiger partial charge in [-0.25, -0.2) is 14.5 Å². The van der Waals surface area contributed by atoms with Crippen LogP contribution in [0.4, 0.5) is 5.69 Å². The molecular formula is C28H34N8O. The number of ether oxygens (including phenoxy) is 1. The predicted molar refractivity (Wildman–Crippen MR) is 145 cm³/mol. The highest BCUT2D eigenvalue weighted by molar-refractivity contribution is 5.75. The standard InChI is InChI=1S/C28H34N8O/c1-3-26(35-14-12-33(13-15-35)20-22-6-7-27(37-2)31-18-22)30-9-8-23-16-25(34-10-4-5-11-34)21-36-28(23)24(17-29)19-32-36/h3,6-7,9,16,18-19,21H,4-5,8,10-15,20H2,1-2H3/b26-3+,30-9-. The molecule has 0 saturated carbocycles. The molecule has 0 bridgehead atoms. The molecule has 0 amide bonds. The zero-order valence-electron chi connectivity index (χ0n) is 21.7. The van der Waals surface area contributed by atoms with Gasteiger partial charge in [-0.1, -0.05) is 6.07 Å². The minimum absolute atomic E-state index is 0.603. The van der Waals surface area contributed by atoms with Gasteiger partial charge in [-0.15, -0.1) is 0 Å². The summed E-state index contributed by atoms with van der Waals surface area (Å²) in [5.41, 5.74) is 4.91. The Morgan fingerprint density at radius 2 is 1.95 bits per heavy atom. The van der Waals surface area contributed by atoms with E-state index in [9.17, 15) is 5.26 Å². The van der Waals surface area contributed by atoms with Crippen LogP contribution in [0.2, 0.25) is 0 Å². The summed E-state index contributed by atoms with van der Waals surface area (Å²) in [6.45, 7) is 8.85. The summed E-state index contributed by atoms with van der Waals surface area (Å²) >= 11 is 0. The minimum Gasteiger partial charge on any atom is -0.481 e. The smallest absolute Gasteiger partial charge is 0.212 e. The van der Waals surface area contributed by atoms with E-state index in [1.165, 1.54) is 18.4 Å². The topological polar surface area (TPSA) is 85.3 Å². The highest BCUT2D eigenvalue weighted by Crippen LogP contribution is 2.26. The van der Waals surface area contributed by atoms with Crippen LogP contribution in [0.3, 0.4) is 0 Å². The molecular weight excluding hydrogens is 464 g/mol. The van der Waals surface area contributed by atoms with Gasteiger partial charge in [-0.05, 0) is 43.0 Å². The van der Waals surface area contributed by atoms with Crippen molar-refractivity contribution in [3.8, 4) is 11.9 Å². The quantitative estimate of drug-likeness (QED) is 0.440. The summed E-state index contributed by atoms with van der Waals surface area (Å²) in [7, 11) is 1.64. The summed E-state index contributed by atoms with van der Waals surface area (Å²) in [5.74, 6) is 1.64. The number of hydrogen-bond acceptors (Lipinski definition) is 8. The molecule has 2 fully saturated rings. The second-order valence-corrected chi connectivity index (χ2v) is 9.52. The van der Waals surface area contributed by atoms with Crippen LogP contribution in [0.25, 0.3) is 5.52 Å². The molecule has 0 aromatic carbocycles. The third-order valence-corrected chi connectivity index (χ3v) is 7.17. The molecule has 192 valence electrons. The first-order chi connectivity index (χ1) is 18.2. The molecule has 0 N–H and O–H groups in total. The second-order valence-electron chi connectivity index (χ2n) is 9.52. The zero-order valence-corrected chi connectivity index (χ0v) is 21.7. The maximum atomic E-state index is 9.61. The largest absolute Gasteiger partial charge is 0.481 e. The van der Waals surface area contributed by atoms with E-state index in [-0.39, 0.29) is 0 Å². The molecule has 0 aliphatic carbocycles. The normalized spacial score (nSPS) is 17.2. The van der Waals surface area contributed by atoms with Gasteiger partial charge in [0.1, 0.15) is 11.9 Å². The Labute approximate surface area is 218 Å². The summed E-state index contributed by atoms with van der Waals surface area (Å²) in [5, 5.41) is 14.1. The predicted octanol–water partition coefficient (Wildman–Crippen LogP) is 3.50. The van der Waals surface area contributed by atoms with Crippen molar-refractivity contribution >= 4 is 17.4 Å². The Morgan fingerprint density at radius 1 is 1.14 bits per heavy atom. The molecule has 9 heteroatoms. The van der Waals surface area contributed by atoms with Gasteiger partial charge >= 0.3 is 0 Å². The van der Waals surface area contributed by atoms with Gasteiger partial charge in [0, 0.05) is 70.7 Å². The molecule has 3 aromatic rings. The number of rotatable bonds is 8. The number of aliphatic imine (C=N–C) groups is 1. The molecule has 5 rings (SSSR count). The van der Waals surface area contributed by atoms with E-state index >= 15 is 0 Å². The fraction of sp³-hybridized carbons (Fsp3) is 0.429. The minimum atomic E-state index is 0.603. The molecule has 2 aliphatic heterocycles. The summed E-state index contributed by atoms with van der Waals surface area (Å²) < 4.78 is 7.01. The molecule has 37 heavy (non-hydrogen) atoms. The van der Waals surface area contributed by atoms with Crippen LogP contribution < -0.4 is 9.64 Å². The van der Waals surface area contributed by atoms with Gasteiger partial charge in [-0.2, -0.15) is 10.4 Å². The molecule has 0 spiro atoms. The van der Waals surface area contributed by atoms with Crippen LogP contribution in [0, 0.1) is 11.3 Å². The lowest BCUT2D eigenvalue weighted by atomic mass is 10.1. The molecule has 2 aliphatic rings. The van der Waals surface area contributed by atoms with Gasteiger partial charge in [0.25, 0.3) is 0 Å². The number of hydrogen-bond donors (Lipinski definition) is 0. The van der Waals surface area contributed by atoms with Gasteiger partial charge in [0.05, 0.1) is 36.3 Å². The van der Waals surface area contributed by atoms with E-state index in [2.05, 4.69) is 49.1 Å². The fourth-order valence-electron chi connectivity index (χ4n) is 5.17. The van der Waals surface area contributed by atoms with Crippen molar-refractivity contribution in [2.24, 2.45) is 4.99 Å². The van der Waals surface area contributed by atoms with Crippen molar-refractivity contribution in [3.05, 3.63) is 65.4 Å². The van der Waals surface area contributed by atoms with E-state index in [1.54, 1.807) is 13.3 Å². The monoisotopic (exact) mass is 498 g/mol. The first-order valence-corrected chi connectivity index (χ1v) is 13.0. The van der Waals surface area contributed by atoms with Gasteiger partial charge in [0.2, 0.25) is 5.88 Å².